The molecule has 0 N–H and O–H groups in total. The summed E-state index contributed by atoms with van der Waals surface area (Å²) in [5, 5.41) is 0.651. The van der Waals surface area contributed by atoms with Crippen molar-refractivity contribution < 1.29 is 9.18 Å². The Kier molecular flexibility index (Phi) is 4.05. The van der Waals surface area contributed by atoms with E-state index in [0.717, 1.165) is 6.07 Å². The molecule has 2 rings (SSSR count). The number of rotatable bonds is 2. The highest BCUT2D eigenvalue weighted by Gasteiger charge is 2.15. The van der Waals surface area contributed by atoms with Gasteiger partial charge in [0.2, 0.25) is 0 Å². The van der Waals surface area contributed by atoms with Gasteiger partial charge in [0.1, 0.15) is 5.82 Å². The van der Waals surface area contributed by atoms with Crippen LogP contribution in [-0.2, 0) is 0 Å². The minimum Gasteiger partial charge on any atom is -0.288 e. The Labute approximate surface area is 122 Å². The van der Waals surface area contributed by atoms with Crippen molar-refractivity contribution in [2.45, 2.75) is 0 Å². The summed E-state index contributed by atoms with van der Waals surface area (Å²) < 4.78 is 14.3. The summed E-state index contributed by atoms with van der Waals surface area (Å²) in [6.07, 6.45) is 0. The van der Waals surface area contributed by atoms with E-state index in [2.05, 4.69) is 15.9 Å². The van der Waals surface area contributed by atoms with Gasteiger partial charge in [0.05, 0.1) is 5.56 Å². The Bertz CT molecular complexity index is 608. The predicted molar refractivity (Wildman–Crippen MR) is 74.0 cm³/mol. The van der Waals surface area contributed by atoms with Crippen LogP contribution in [0.15, 0.2) is 40.9 Å². The Hall–Kier alpha value is -0.900. The first-order valence-corrected chi connectivity index (χ1v) is 6.48. The van der Waals surface area contributed by atoms with Crippen molar-refractivity contribution in [2.75, 3.05) is 0 Å². The second-order valence-corrected chi connectivity index (χ2v) is 5.40. The van der Waals surface area contributed by atoms with Gasteiger partial charge in [-0.1, -0.05) is 39.1 Å². The first-order chi connectivity index (χ1) is 8.47. The molecule has 0 aromatic heterocycles. The lowest BCUT2D eigenvalue weighted by atomic mass is 10.0. The van der Waals surface area contributed by atoms with Gasteiger partial charge in [-0.3, -0.25) is 4.79 Å². The van der Waals surface area contributed by atoms with Gasteiger partial charge in [-0.05, 0) is 36.4 Å². The van der Waals surface area contributed by atoms with Crippen LogP contribution in [0, 0.1) is 5.82 Å². The lowest BCUT2D eigenvalue weighted by Crippen LogP contribution is -2.04. The minimum absolute atomic E-state index is 0.0337. The molecule has 5 heteroatoms. The topological polar surface area (TPSA) is 17.1 Å². The van der Waals surface area contributed by atoms with Crippen molar-refractivity contribution in [2.24, 2.45) is 0 Å². The molecule has 2 aromatic carbocycles. The molecule has 0 bridgehead atoms. The molecule has 0 aliphatic heterocycles. The van der Waals surface area contributed by atoms with Gasteiger partial charge in [0.25, 0.3) is 0 Å². The normalized spacial score (nSPS) is 10.4. The molecule has 0 saturated heterocycles. The lowest BCUT2D eigenvalue weighted by Gasteiger charge is -2.04. The highest BCUT2D eigenvalue weighted by atomic mass is 79.9. The fraction of sp³-hybridized carbons (Fsp3) is 0. The maximum atomic E-state index is 13.6. The predicted octanol–water partition coefficient (Wildman–Crippen LogP) is 5.13. The number of halogens is 4. The summed E-state index contributed by atoms with van der Waals surface area (Å²) in [7, 11) is 0. The molecular weight excluding hydrogens is 342 g/mol. The van der Waals surface area contributed by atoms with E-state index in [-0.39, 0.29) is 10.6 Å². The zero-order valence-corrected chi connectivity index (χ0v) is 12.0. The van der Waals surface area contributed by atoms with Gasteiger partial charge in [0.15, 0.2) is 5.78 Å². The van der Waals surface area contributed by atoms with Crippen LogP contribution < -0.4 is 0 Å². The number of hydrogen-bond acceptors (Lipinski definition) is 1. The van der Waals surface area contributed by atoms with Crippen molar-refractivity contribution in [1.29, 1.82) is 0 Å². The largest absolute Gasteiger partial charge is 0.288 e. The summed E-state index contributed by atoms with van der Waals surface area (Å²) >= 11 is 14.7. The molecule has 0 spiro atoms. The summed E-state index contributed by atoms with van der Waals surface area (Å²) in [4.78, 5) is 12.1. The number of benzene rings is 2. The zero-order valence-electron chi connectivity index (χ0n) is 8.88. The van der Waals surface area contributed by atoms with Crippen LogP contribution in [0.3, 0.4) is 0 Å². The molecule has 0 radical (unpaired) electrons. The monoisotopic (exact) mass is 346 g/mol. The molecule has 0 amide bonds. The number of ketones is 1. The van der Waals surface area contributed by atoms with Crippen LogP contribution in [-0.4, -0.2) is 5.78 Å². The van der Waals surface area contributed by atoms with E-state index in [1.807, 2.05) is 0 Å². The zero-order chi connectivity index (χ0) is 13.3. The molecule has 0 saturated carbocycles. The molecule has 92 valence electrons. The van der Waals surface area contributed by atoms with Gasteiger partial charge < -0.3 is 0 Å². The van der Waals surface area contributed by atoms with E-state index in [1.54, 1.807) is 12.1 Å². The van der Waals surface area contributed by atoms with Gasteiger partial charge in [-0.2, -0.15) is 0 Å². The molecule has 0 atom stereocenters. The average molecular weight is 348 g/mol. The fourth-order valence-corrected chi connectivity index (χ4v) is 2.53. The van der Waals surface area contributed by atoms with Crippen molar-refractivity contribution >= 4 is 44.9 Å². The van der Waals surface area contributed by atoms with E-state index in [4.69, 9.17) is 23.2 Å². The molecule has 2 aromatic rings. The van der Waals surface area contributed by atoms with E-state index < -0.39 is 11.6 Å². The van der Waals surface area contributed by atoms with E-state index in [1.165, 1.54) is 18.2 Å². The number of carbonyl (C=O) groups is 1. The maximum absolute atomic E-state index is 13.6. The average Bonchev–Trinajstić information content (AvgIpc) is 2.26. The molecule has 1 nitrogen and oxygen atoms in total. The van der Waals surface area contributed by atoms with E-state index in [9.17, 15) is 9.18 Å². The quantitative estimate of drug-likeness (QED) is 0.688. The summed E-state index contributed by atoms with van der Waals surface area (Å²) in [5.74, 6) is -1.09. The van der Waals surface area contributed by atoms with E-state index in [0.29, 0.717) is 15.1 Å². The van der Waals surface area contributed by atoms with Gasteiger partial charge in [0, 0.05) is 20.1 Å². The Morgan fingerprint density at radius 3 is 2.39 bits per heavy atom. The first-order valence-electron chi connectivity index (χ1n) is 4.93. The van der Waals surface area contributed by atoms with Gasteiger partial charge in [-0.25, -0.2) is 4.39 Å². The highest BCUT2D eigenvalue weighted by molar-refractivity contribution is 9.10. The van der Waals surface area contributed by atoms with Crippen LogP contribution in [0.25, 0.3) is 0 Å². The Morgan fingerprint density at radius 1 is 1.06 bits per heavy atom. The fourth-order valence-electron chi connectivity index (χ4n) is 1.51. The van der Waals surface area contributed by atoms with Crippen molar-refractivity contribution in [3.8, 4) is 0 Å². The van der Waals surface area contributed by atoms with Crippen LogP contribution in [0.1, 0.15) is 15.9 Å². The minimum atomic E-state index is -0.649. The molecule has 0 unspecified atom stereocenters. The smallest absolute Gasteiger partial charge is 0.196 e. The lowest BCUT2D eigenvalue weighted by molar-refractivity contribution is 0.103. The Balaban J connectivity index is 2.47. The molecule has 0 heterocycles. The van der Waals surface area contributed by atoms with Crippen molar-refractivity contribution in [3.05, 3.63) is 67.9 Å². The van der Waals surface area contributed by atoms with Gasteiger partial charge in [-0.15, -0.1) is 0 Å². The maximum Gasteiger partial charge on any atom is 0.196 e. The second-order valence-electron chi connectivity index (χ2n) is 3.61. The second kappa shape index (κ2) is 5.39. The summed E-state index contributed by atoms with van der Waals surface area (Å²) in [5.41, 5.74) is 0.282. The van der Waals surface area contributed by atoms with Crippen molar-refractivity contribution in [1.82, 2.24) is 0 Å². The molecular formula is C13H6BrCl2FO. The molecule has 0 aliphatic carbocycles. The number of hydrogen-bond donors (Lipinski definition) is 0. The summed E-state index contributed by atoms with van der Waals surface area (Å²) in [6.45, 7) is 0. The van der Waals surface area contributed by atoms with Crippen molar-refractivity contribution in [3.63, 3.8) is 0 Å². The van der Waals surface area contributed by atoms with Crippen LogP contribution in [0.2, 0.25) is 10.0 Å². The van der Waals surface area contributed by atoms with E-state index >= 15 is 0 Å². The third-order valence-corrected chi connectivity index (χ3v) is 3.21. The highest BCUT2D eigenvalue weighted by Crippen LogP contribution is 2.23. The Morgan fingerprint density at radius 2 is 1.78 bits per heavy atom. The van der Waals surface area contributed by atoms with Crippen LogP contribution in [0.4, 0.5) is 4.39 Å². The third-order valence-electron chi connectivity index (χ3n) is 2.30. The SMILES string of the molecule is O=C(c1cc(Cl)cc(Br)c1)c1ccc(Cl)cc1F. The third kappa shape index (κ3) is 2.91. The standard InChI is InChI=1S/C13H6BrCl2FO/c14-8-3-7(4-10(16)5-8)13(18)11-2-1-9(15)6-12(11)17/h1-6H. The number of carbonyl (C=O) groups excluding carboxylic acids is 1. The van der Waals surface area contributed by atoms with Gasteiger partial charge >= 0.3 is 0 Å². The summed E-state index contributed by atoms with van der Waals surface area (Å²) in [6, 6.07) is 8.65. The van der Waals surface area contributed by atoms with Crippen LogP contribution in [0.5, 0.6) is 0 Å². The first kappa shape index (κ1) is 13.5. The van der Waals surface area contributed by atoms with Crippen LogP contribution >= 0.6 is 39.1 Å². The molecule has 18 heavy (non-hydrogen) atoms. The molecule has 0 fully saturated rings. The molecule has 0 aliphatic rings.